The number of benzene rings is 1. The van der Waals surface area contributed by atoms with Crippen molar-refractivity contribution < 1.29 is 39.9 Å². The molecule has 0 bridgehead atoms. The number of phenols is 1. The van der Waals surface area contributed by atoms with E-state index in [4.69, 9.17) is 11.5 Å². The highest BCUT2D eigenvalue weighted by Gasteiger charge is 2.68. The Kier molecular flexibility index (Phi) is 8.13. The van der Waals surface area contributed by atoms with Gasteiger partial charge in [-0.15, -0.1) is 0 Å². The lowest BCUT2D eigenvalue weighted by Gasteiger charge is -2.57. The number of nitrogens with zero attached hydrogens (tertiary/aromatic N) is 3. The summed E-state index contributed by atoms with van der Waals surface area (Å²) < 4.78 is 0. The molecule has 0 heterocycles. The van der Waals surface area contributed by atoms with Crippen molar-refractivity contribution >= 4 is 23.3 Å². The standard InChI is InChI=1S/C31H45N5O8/c1-29(33,13-19(37)35(5)6)12-15-11-18(34(3)4)16-9-14-10-17-23(36(7)8)26(40)22(28(32)42)30(2,43)31(17,44)27(41)20(14)25(39)21(16)24(15)38/h11,14,17,23,38,40-41,43-44H,9-10,12-13,33H2,1-8H3,(H2,32,42)/t14-,17-,23-,29?,30?,31-/m0/s1. The van der Waals surface area contributed by atoms with Gasteiger partial charge in [-0.2, -0.15) is 0 Å². The van der Waals surface area contributed by atoms with Crippen LogP contribution in [0.4, 0.5) is 5.69 Å². The molecule has 3 aliphatic carbocycles. The summed E-state index contributed by atoms with van der Waals surface area (Å²) in [5.74, 6) is -5.57. The minimum absolute atomic E-state index is 0.0190. The number of ketones is 1. The molecule has 6 atom stereocenters. The Labute approximate surface area is 257 Å². The number of aromatic hydroxyl groups is 1. The van der Waals surface area contributed by atoms with Gasteiger partial charge in [-0.3, -0.25) is 19.3 Å². The Hall–Kier alpha value is -3.65. The van der Waals surface area contributed by atoms with Gasteiger partial charge in [-0.1, -0.05) is 0 Å². The Balaban J connectivity index is 1.93. The van der Waals surface area contributed by atoms with Crippen LogP contribution in [-0.4, -0.2) is 118 Å². The van der Waals surface area contributed by atoms with Gasteiger partial charge in [0.05, 0.1) is 17.2 Å². The summed E-state index contributed by atoms with van der Waals surface area (Å²) >= 11 is 0. The van der Waals surface area contributed by atoms with Crippen molar-refractivity contribution in [1.29, 1.82) is 0 Å². The lowest BCUT2D eigenvalue weighted by atomic mass is 9.54. The number of hydrogen-bond acceptors (Lipinski definition) is 11. The maximum absolute atomic E-state index is 14.3. The monoisotopic (exact) mass is 615 g/mol. The van der Waals surface area contributed by atoms with Gasteiger partial charge in [-0.05, 0) is 70.3 Å². The highest BCUT2D eigenvalue weighted by Crippen LogP contribution is 2.57. The molecule has 1 aromatic carbocycles. The number of phenolic OH excluding ortho intramolecular Hbond substituents is 1. The molecule has 2 amide bonds. The zero-order valence-corrected chi connectivity index (χ0v) is 26.6. The average molecular weight is 616 g/mol. The molecule has 2 unspecified atom stereocenters. The SMILES string of the molecule is CN(C)C(=O)CC(C)(N)Cc1cc(N(C)C)c2c(c1O)C(=O)C1=C(O)[C@@]3(O)[C@@H](C[C@@H]1C2)[C@H](N(C)C)C(O)=C(C(N)=O)C3(C)O. The molecule has 44 heavy (non-hydrogen) atoms. The number of rotatable bonds is 7. The van der Waals surface area contributed by atoms with E-state index in [2.05, 4.69) is 0 Å². The van der Waals surface area contributed by atoms with Crippen LogP contribution in [0.15, 0.2) is 28.7 Å². The fraction of sp³-hybridized carbons (Fsp3) is 0.581. The first kappa shape index (κ1) is 33.2. The molecule has 9 N–H and O–H groups in total. The minimum Gasteiger partial charge on any atom is -0.510 e. The van der Waals surface area contributed by atoms with Gasteiger partial charge in [0, 0.05) is 57.3 Å². The predicted molar refractivity (Wildman–Crippen MR) is 163 cm³/mol. The van der Waals surface area contributed by atoms with Crippen molar-refractivity contribution in [2.24, 2.45) is 23.3 Å². The fourth-order valence-electron chi connectivity index (χ4n) is 7.46. The molecule has 0 aromatic heterocycles. The van der Waals surface area contributed by atoms with Gasteiger partial charge >= 0.3 is 0 Å². The molecule has 13 heteroatoms. The summed E-state index contributed by atoms with van der Waals surface area (Å²) in [5, 5.41) is 58.3. The summed E-state index contributed by atoms with van der Waals surface area (Å²) in [5.41, 5.74) is 6.34. The second kappa shape index (κ2) is 10.8. The van der Waals surface area contributed by atoms with Crippen LogP contribution in [-0.2, 0) is 22.4 Å². The highest BCUT2D eigenvalue weighted by atomic mass is 16.4. The van der Waals surface area contributed by atoms with Crippen molar-refractivity contribution in [3.8, 4) is 5.75 Å². The maximum Gasteiger partial charge on any atom is 0.251 e. The molecule has 242 valence electrons. The molecule has 13 nitrogen and oxygen atoms in total. The molecule has 0 saturated carbocycles. The summed E-state index contributed by atoms with van der Waals surface area (Å²) in [6.45, 7) is 2.74. The number of anilines is 1. The summed E-state index contributed by atoms with van der Waals surface area (Å²) in [7, 11) is 10.0. The number of hydrogen-bond donors (Lipinski definition) is 7. The molecule has 1 aromatic rings. The van der Waals surface area contributed by atoms with E-state index in [-0.39, 0.29) is 48.5 Å². The first-order chi connectivity index (χ1) is 20.1. The predicted octanol–water partition coefficient (Wildman–Crippen LogP) is 0.107. The van der Waals surface area contributed by atoms with E-state index >= 15 is 0 Å². The maximum atomic E-state index is 14.3. The molecule has 0 fully saturated rings. The van der Waals surface area contributed by atoms with Crippen molar-refractivity contribution in [3.63, 3.8) is 0 Å². The number of amides is 2. The van der Waals surface area contributed by atoms with Gasteiger partial charge in [0.25, 0.3) is 5.91 Å². The van der Waals surface area contributed by atoms with Crippen molar-refractivity contribution in [1.82, 2.24) is 9.80 Å². The van der Waals surface area contributed by atoms with Gasteiger partial charge in [0.15, 0.2) is 11.4 Å². The third-order valence-electron chi connectivity index (χ3n) is 9.56. The number of likely N-dealkylation sites (N-methyl/N-ethyl adjacent to an activating group) is 1. The first-order valence-corrected chi connectivity index (χ1v) is 14.5. The number of allylic oxidation sites excluding steroid dienone is 1. The third kappa shape index (κ3) is 4.82. The third-order valence-corrected chi connectivity index (χ3v) is 9.56. The van der Waals surface area contributed by atoms with E-state index < -0.39 is 63.4 Å². The fourth-order valence-corrected chi connectivity index (χ4v) is 7.46. The first-order valence-electron chi connectivity index (χ1n) is 14.5. The number of carbonyl (C=O) groups excluding carboxylic acids is 3. The van der Waals surface area contributed by atoms with Crippen molar-refractivity contribution in [2.45, 2.75) is 62.3 Å². The lowest BCUT2D eigenvalue weighted by molar-refractivity contribution is -0.183. The molecular weight excluding hydrogens is 570 g/mol. The Bertz CT molecular complexity index is 1490. The van der Waals surface area contributed by atoms with Crippen LogP contribution in [0.1, 0.15) is 48.2 Å². The number of primary amides is 1. The van der Waals surface area contributed by atoms with Crippen LogP contribution in [0.25, 0.3) is 0 Å². The largest absolute Gasteiger partial charge is 0.510 e. The van der Waals surface area contributed by atoms with Gasteiger partial charge in [0.2, 0.25) is 5.91 Å². The lowest BCUT2D eigenvalue weighted by Crippen LogP contribution is -2.70. The average Bonchev–Trinajstić information content (AvgIpc) is 2.86. The Morgan fingerprint density at radius 3 is 2.18 bits per heavy atom. The molecule has 0 aliphatic heterocycles. The van der Waals surface area contributed by atoms with E-state index in [9.17, 15) is 39.9 Å². The number of aliphatic hydroxyl groups is 4. The molecular formula is C31H45N5O8. The Morgan fingerprint density at radius 2 is 1.68 bits per heavy atom. The molecule has 0 radical (unpaired) electrons. The normalized spacial score (nSPS) is 29.5. The number of Topliss-reactive ketones (excluding diaryl/α,β-unsaturated/α-hetero) is 1. The number of fused-ring (bicyclic) bond motifs is 3. The van der Waals surface area contributed by atoms with Gasteiger partial charge in [-0.25, -0.2) is 0 Å². The van der Waals surface area contributed by atoms with Crippen molar-refractivity contribution in [3.05, 3.63) is 45.4 Å². The van der Waals surface area contributed by atoms with Crippen LogP contribution < -0.4 is 16.4 Å². The van der Waals surface area contributed by atoms with Crippen molar-refractivity contribution in [2.75, 3.05) is 47.2 Å². The zero-order valence-electron chi connectivity index (χ0n) is 26.6. The van der Waals surface area contributed by atoms with E-state index in [1.165, 1.54) is 4.90 Å². The van der Waals surface area contributed by atoms with Crippen LogP contribution >= 0.6 is 0 Å². The quantitative estimate of drug-likeness (QED) is 0.218. The van der Waals surface area contributed by atoms with E-state index in [0.29, 0.717) is 16.8 Å². The van der Waals surface area contributed by atoms with E-state index in [1.807, 2.05) is 0 Å². The number of carbonyl (C=O) groups is 3. The molecule has 3 aliphatic rings. The second-order valence-electron chi connectivity index (χ2n) is 13.7. The highest BCUT2D eigenvalue weighted by molar-refractivity contribution is 6.14. The van der Waals surface area contributed by atoms with E-state index in [1.54, 1.807) is 65.1 Å². The smallest absolute Gasteiger partial charge is 0.251 e. The van der Waals surface area contributed by atoms with Crippen LogP contribution in [0.3, 0.4) is 0 Å². The summed E-state index contributed by atoms with van der Waals surface area (Å²) in [4.78, 5) is 44.0. The second-order valence-corrected chi connectivity index (χ2v) is 13.7. The van der Waals surface area contributed by atoms with Crippen LogP contribution in [0.5, 0.6) is 5.75 Å². The summed E-state index contributed by atoms with van der Waals surface area (Å²) in [6, 6.07) is 0.710. The minimum atomic E-state index is -2.59. The van der Waals surface area contributed by atoms with Crippen LogP contribution in [0.2, 0.25) is 0 Å². The van der Waals surface area contributed by atoms with Crippen LogP contribution in [0, 0.1) is 11.8 Å². The molecule has 0 saturated heterocycles. The van der Waals surface area contributed by atoms with Gasteiger partial charge < -0.3 is 46.8 Å². The molecule has 0 spiro atoms. The topological polar surface area (TPSA) is 214 Å². The molecule has 4 rings (SSSR count). The van der Waals surface area contributed by atoms with E-state index in [0.717, 1.165) is 6.92 Å². The zero-order chi connectivity index (χ0) is 33.4. The number of nitrogens with two attached hydrogens (primary N) is 2. The number of aliphatic hydroxyl groups excluding tert-OH is 2. The Morgan fingerprint density at radius 1 is 1.09 bits per heavy atom. The van der Waals surface area contributed by atoms with Gasteiger partial charge in [0.1, 0.15) is 22.9 Å². The summed E-state index contributed by atoms with van der Waals surface area (Å²) in [6.07, 6.45) is 0.252.